The van der Waals surface area contributed by atoms with Crippen molar-refractivity contribution in [2.45, 2.75) is 19.3 Å². The number of thiocarbonyl (C=S) groups is 1. The Labute approximate surface area is 186 Å². The average molecular weight is 443 g/mol. The van der Waals surface area contributed by atoms with Gasteiger partial charge in [-0.15, -0.1) is 0 Å². The molecule has 0 aromatic heterocycles. The lowest BCUT2D eigenvalue weighted by Crippen LogP contribution is -2.18. The summed E-state index contributed by atoms with van der Waals surface area (Å²) < 4.78 is 39.5. The van der Waals surface area contributed by atoms with Gasteiger partial charge in [-0.2, -0.15) is 0 Å². The Morgan fingerprint density at radius 3 is 2.35 bits per heavy atom. The van der Waals surface area contributed by atoms with Crippen molar-refractivity contribution in [2.75, 3.05) is 18.5 Å². The third-order valence-corrected chi connectivity index (χ3v) is 4.60. The summed E-state index contributed by atoms with van der Waals surface area (Å²) in [5.41, 5.74) is 7.36. The minimum Gasteiger partial charge on any atom is -0.494 e. The summed E-state index contributed by atoms with van der Waals surface area (Å²) in [6.07, 6.45) is 2.37. The number of halogens is 2. The average Bonchev–Trinajstić information content (AvgIpc) is 2.74. The normalized spacial score (nSPS) is 10.5. The summed E-state index contributed by atoms with van der Waals surface area (Å²) in [5.74, 6) is -0.537. The first-order chi connectivity index (χ1) is 15.0. The van der Waals surface area contributed by atoms with Gasteiger partial charge in [0.2, 0.25) is 0 Å². The quantitative estimate of drug-likeness (QED) is 0.302. The van der Waals surface area contributed by atoms with Crippen LogP contribution in [0.5, 0.6) is 11.5 Å². The van der Waals surface area contributed by atoms with Gasteiger partial charge in [0.05, 0.1) is 13.2 Å². The van der Waals surface area contributed by atoms with Crippen LogP contribution in [-0.4, -0.2) is 18.3 Å². The van der Waals surface area contributed by atoms with Gasteiger partial charge in [-0.25, -0.2) is 8.78 Å². The maximum atomic E-state index is 14.3. The molecule has 0 aliphatic heterocycles. The maximum absolute atomic E-state index is 14.3. The second-order valence-electron chi connectivity index (χ2n) is 6.90. The number of ether oxygens (including phenoxy) is 2. The third-order valence-electron chi connectivity index (χ3n) is 4.50. The second kappa shape index (κ2) is 11.3. The number of nitrogens with one attached hydrogen (secondary N) is 1. The fourth-order valence-electron chi connectivity index (χ4n) is 3.09. The van der Waals surface area contributed by atoms with Crippen LogP contribution in [-0.2, 0) is 0 Å². The molecular formula is C24H24F2N2O2S. The van der Waals surface area contributed by atoms with E-state index in [1.165, 1.54) is 6.07 Å². The van der Waals surface area contributed by atoms with Gasteiger partial charge < -0.3 is 20.5 Å². The standard InChI is InChI=1S/C24H24F2N2O2S/c25-18-14-21(17-8-3-1-4-9-17)23(22(26)15-18)30-13-6-2-5-12-29-20-11-7-10-19(16-20)28-24(27)31/h1,3-4,7-11,14-16H,2,5-6,12-13H2,(H3,27,28,31). The smallest absolute Gasteiger partial charge is 0.168 e. The summed E-state index contributed by atoms with van der Waals surface area (Å²) in [4.78, 5) is 0. The molecule has 0 saturated heterocycles. The SMILES string of the molecule is NC(=S)Nc1cccc(OCCCCCOc2c(F)cc(F)cc2-c2ccccc2)c1. The molecule has 7 heteroatoms. The Morgan fingerprint density at radius 2 is 1.61 bits per heavy atom. The van der Waals surface area contributed by atoms with Gasteiger partial charge in [0.15, 0.2) is 16.7 Å². The van der Waals surface area contributed by atoms with Crippen LogP contribution in [0.15, 0.2) is 66.7 Å². The van der Waals surface area contributed by atoms with Crippen LogP contribution in [0.4, 0.5) is 14.5 Å². The van der Waals surface area contributed by atoms with Crippen molar-refractivity contribution < 1.29 is 18.3 Å². The van der Waals surface area contributed by atoms with Crippen LogP contribution >= 0.6 is 12.2 Å². The Morgan fingerprint density at radius 1 is 0.871 bits per heavy atom. The molecule has 0 atom stereocenters. The summed E-state index contributed by atoms with van der Waals surface area (Å²) in [6, 6.07) is 18.6. The lowest BCUT2D eigenvalue weighted by atomic mass is 10.0. The molecule has 0 radical (unpaired) electrons. The van der Waals surface area contributed by atoms with E-state index >= 15 is 0 Å². The number of anilines is 1. The van der Waals surface area contributed by atoms with Crippen molar-refractivity contribution in [3.63, 3.8) is 0 Å². The van der Waals surface area contributed by atoms with Crippen molar-refractivity contribution in [1.82, 2.24) is 0 Å². The Balaban J connectivity index is 1.45. The number of unbranched alkanes of at least 4 members (excludes halogenated alkanes) is 2. The van der Waals surface area contributed by atoms with Crippen molar-refractivity contribution in [3.8, 4) is 22.6 Å². The van der Waals surface area contributed by atoms with E-state index in [4.69, 9.17) is 27.4 Å². The van der Waals surface area contributed by atoms with Gasteiger partial charge in [-0.05, 0) is 55.2 Å². The number of hydrogen-bond donors (Lipinski definition) is 2. The molecule has 0 bridgehead atoms. The lowest BCUT2D eigenvalue weighted by Gasteiger charge is -2.13. The van der Waals surface area contributed by atoms with Crippen molar-refractivity contribution in [3.05, 3.63) is 78.4 Å². The van der Waals surface area contributed by atoms with E-state index in [1.54, 1.807) is 12.1 Å². The predicted octanol–water partition coefficient (Wildman–Crippen LogP) is 5.92. The topological polar surface area (TPSA) is 56.5 Å². The Hall–Kier alpha value is -3.19. The summed E-state index contributed by atoms with van der Waals surface area (Å²) in [5, 5.41) is 3.06. The van der Waals surface area contributed by atoms with Crippen molar-refractivity contribution >= 4 is 23.0 Å². The number of nitrogens with two attached hydrogens (primary N) is 1. The van der Waals surface area contributed by atoms with Gasteiger partial charge in [0.25, 0.3) is 0 Å². The molecule has 31 heavy (non-hydrogen) atoms. The van der Waals surface area contributed by atoms with E-state index in [1.807, 2.05) is 42.5 Å². The minimum absolute atomic E-state index is 0.0750. The molecule has 0 saturated carbocycles. The van der Waals surface area contributed by atoms with Crippen molar-refractivity contribution in [1.29, 1.82) is 0 Å². The molecule has 0 aliphatic carbocycles. The predicted molar refractivity (Wildman–Crippen MR) is 123 cm³/mol. The summed E-state index contributed by atoms with van der Waals surface area (Å²) >= 11 is 4.82. The second-order valence-corrected chi connectivity index (χ2v) is 7.34. The first-order valence-corrected chi connectivity index (χ1v) is 10.4. The Bertz CT molecular complexity index is 1020. The monoisotopic (exact) mass is 442 g/mol. The number of hydrogen-bond acceptors (Lipinski definition) is 3. The molecule has 0 unspecified atom stereocenters. The van der Waals surface area contributed by atoms with Crippen molar-refractivity contribution in [2.24, 2.45) is 5.73 Å². The lowest BCUT2D eigenvalue weighted by molar-refractivity contribution is 0.272. The highest BCUT2D eigenvalue weighted by Crippen LogP contribution is 2.33. The zero-order valence-electron chi connectivity index (χ0n) is 16.9. The van der Waals surface area contributed by atoms with Gasteiger partial charge in [-0.1, -0.05) is 36.4 Å². The van der Waals surface area contributed by atoms with E-state index in [9.17, 15) is 8.78 Å². The van der Waals surface area contributed by atoms with Crippen LogP contribution in [0, 0.1) is 11.6 Å². The molecule has 3 N–H and O–H groups in total. The third kappa shape index (κ3) is 6.93. The molecule has 0 heterocycles. The molecule has 0 spiro atoms. The highest BCUT2D eigenvalue weighted by atomic mass is 32.1. The molecular weight excluding hydrogens is 418 g/mol. The molecule has 162 valence electrons. The van der Waals surface area contributed by atoms with Gasteiger partial charge in [0, 0.05) is 23.4 Å². The zero-order chi connectivity index (χ0) is 22.1. The van der Waals surface area contributed by atoms with E-state index in [2.05, 4.69) is 5.32 Å². The van der Waals surface area contributed by atoms with Gasteiger partial charge >= 0.3 is 0 Å². The van der Waals surface area contributed by atoms with Crippen LogP contribution < -0.4 is 20.5 Å². The van der Waals surface area contributed by atoms with Crippen LogP contribution in [0.2, 0.25) is 0 Å². The molecule has 0 amide bonds. The van der Waals surface area contributed by atoms with Gasteiger partial charge in [0.1, 0.15) is 11.6 Å². The molecule has 0 aliphatic rings. The maximum Gasteiger partial charge on any atom is 0.168 e. The molecule has 3 rings (SSSR count). The fraction of sp³-hybridized carbons (Fsp3) is 0.208. The highest BCUT2D eigenvalue weighted by Gasteiger charge is 2.14. The van der Waals surface area contributed by atoms with E-state index in [0.29, 0.717) is 24.3 Å². The fourth-order valence-corrected chi connectivity index (χ4v) is 3.21. The van der Waals surface area contributed by atoms with Gasteiger partial charge in [-0.3, -0.25) is 0 Å². The highest BCUT2D eigenvalue weighted by molar-refractivity contribution is 7.80. The number of benzene rings is 3. The first kappa shape index (κ1) is 22.5. The molecule has 4 nitrogen and oxygen atoms in total. The number of rotatable bonds is 10. The largest absolute Gasteiger partial charge is 0.494 e. The van der Waals surface area contributed by atoms with E-state index < -0.39 is 11.6 Å². The molecule has 0 fully saturated rings. The van der Waals surface area contributed by atoms with Crippen LogP contribution in [0.3, 0.4) is 0 Å². The molecule has 3 aromatic rings. The van der Waals surface area contributed by atoms with E-state index in [-0.39, 0.29) is 10.9 Å². The van der Waals surface area contributed by atoms with E-state index in [0.717, 1.165) is 36.8 Å². The van der Waals surface area contributed by atoms with Crippen LogP contribution in [0.1, 0.15) is 19.3 Å². The summed E-state index contributed by atoms with van der Waals surface area (Å²) in [7, 11) is 0. The van der Waals surface area contributed by atoms with Crippen LogP contribution in [0.25, 0.3) is 11.1 Å². The molecule has 3 aromatic carbocycles. The first-order valence-electron chi connectivity index (χ1n) is 9.99. The Kier molecular flexibility index (Phi) is 8.18. The zero-order valence-corrected chi connectivity index (χ0v) is 17.8. The minimum atomic E-state index is -0.701. The summed E-state index contributed by atoms with van der Waals surface area (Å²) in [6.45, 7) is 0.867.